The van der Waals surface area contributed by atoms with Crippen LogP contribution < -0.4 is 10.6 Å². The van der Waals surface area contributed by atoms with Crippen LogP contribution in [0.1, 0.15) is 138 Å². The predicted molar refractivity (Wildman–Crippen MR) is 248 cm³/mol. The second-order valence-corrected chi connectivity index (χ2v) is 22.1. The van der Waals surface area contributed by atoms with Crippen molar-refractivity contribution in [3.05, 3.63) is 70.8 Å². The van der Waals surface area contributed by atoms with Gasteiger partial charge in [-0.3, -0.25) is 9.59 Å². The number of nitrogens with one attached hydrogen (secondary N) is 2. The molecule has 2 amide bonds. The van der Waals surface area contributed by atoms with Crippen LogP contribution in [0.5, 0.6) is 0 Å². The average molecular weight is 946 g/mol. The lowest BCUT2D eigenvalue weighted by Crippen LogP contribution is -2.70. The van der Waals surface area contributed by atoms with Crippen LogP contribution in [0, 0.1) is 47.3 Å². The Morgan fingerprint density at radius 3 is 1.41 bits per heavy atom. The fraction of sp³-hybridized carbons (Fsp3) is 0.736. The summed E-state index contributed by atoms with van der Waals surface area (Å²) in [5, 5.41) is 6.11. The molecule has 2 N–H and O–H groups in total. The Morgan fingerprint density at radius 1 is 0.588 bits per heavy atom. The molecule has 10 aliphatic rings. The SMILES string of the molecule is C[C@@H]1CCC2[C@@H](C)[C@@H](OCc3ccc(C(=O)NCCCN(C)CCCNC(=O)c4ccc(CO[C@H]5OC6O[C@]7(C)CCC8[C@H](C)CCC([C@H]5C)[C@@]68OO7)cc4)cc3)OC3O[C@]4(C)CCC1[C@]32OO4. The number of amides is 2. The molecule has 12 rings (SSSR count). The monoisotopic (exact) mass is 946 g/mol. The lowest BCUT2D eigenvalue weighted by molar-refractivity contribution is -0.577. The second-order valence-electron chi connectivity index (χ2n) is 22.1. The maximum Gasteiger partial charge on any atom is 0.251 e. The van der Waals surface area contributed by atoms with Gasteiger partial charge >= 0.3 is 0 Å². The van der Waals surface area contributed by atoms with Gasteiger partial charge in [0.05, 0.1) is 13.2 Å². The molecule has 0 radical (unpaired) electrons. The number of fused-ring (bicyclic) bond motifs is 4. The molecule has 10 fully saturated rings. The molecule has 4 bridgehead atoms. The number of nitrogens with zero attached hydrogens (tertiary/aromatic N) is 1. The number of ether oxygens (including phenoxy) is 6. The van der Waals surface area contributed by atoms with Gasteiger partial charge in [-0.05, 0) is 144 Å². The Bertz CT molecular complexity index is 1950. The van der Waals surface area contributed by atoms with E-state index in [0.29, 0.717) is 61.1 Å². The van der Waals surface area contributed by atoms with E-state index in [1.54, 1.807) is 0 Å². The summed E-state index contributed by atoms with van der Waals surface area (Å²) in [4.78, 5) is 52.6. The molecule has 2 aliphatic carbocycles. The lowest BCUT2D eigenvalue weighted by atomic mass is 9.58. The van der Waals surface area contributed by atoms with Gasteiger partial charge in [0.2, 0.25) is 11.6 Å². The Hall–Kier alpha value is -3.06. The Balaban J connectivity index is 0.604. The molecule has 15 heteroatoms. The molecule has 2 aromatic rings. The van der Waals surface area contributed by atoms with Gasteiger partial charge in [-0.15, -0.1) is 0 Å². The van der Waals surface area contributed by atoms with E-state index in [2.05, 4.69) is 50.3 Å². The van der Waals surface area contributed by atoms with Crippen LogP contribution in [-0.2, 0) is 61.2 Å². The van der Waals surface area contributed by atoms with Crippen molar-refractivity contribution in [1.29, 1.82) is 0 Å². The number of carbonyl (C=O) groups is 2. The molecule has 2 spiro atoms. The number of hydrogen-bond donors (Lipinski definition) is 2. The third kappa shape index (κ3) is 9.10. The molecule has 0 aromatic heterocycles. The van der Waals surface area contributed by atoms with Crippen molar-refractivity contribution in [3.63, 3.8) is 0 Å². The number of rotatable bonds is 16. The van der Waals surface area contributed by atoms with E-state index in [4.69, 9.17) is 48.0 Å². The van der Waals surface area contributed by atoms with E-state index in [0.717, 1.165) is 88.4 Å². The first-order chi connectivity index (χ1) is 32.7. The third-order valence-corrected chi connectivity index (χ3v) is 17.5. The predicted octanol–water partition coefficient (Wildman–Crippen LogP) is 8.01. The van der Waals surface area contributed by atoms with Crippen LogP contribution in [-0.4, -0.2) is 97.9 Å². The summed E-state index contributed by atoms with van der Waals surface area (Å²) in [6.45, 7) is 16.4. The Morgan fingerprint density at radius 2 is 1.00 bits per heavy atom. The van der Waals surface area contributed by atoms with Gasteiger partial charge in [0.25, 0.3) is 11.8 Å². The van der Waals surface area contributed by atoms with Crippen molar-refractivity contribution >= 4 is 11.8 Å². The second kappa shape index (κ2) is 19.5. The van der Waals surface area contributed by atoms with Crippen LogP contribution in [0.3, 0.4) is 0 Å². The molecular weight excluding hydrogens is 871 g/mol. The van der Waals surface area contributed by atoms with Gasteiger partial charge in [-0.2, -0.15) is 0 Å². The van der Waals surface area contributed by atoms with E-state index < -0.39 is 47.9 Å². The van der Waals surface area contributed by atoms with E-state index in [9.17, 15) is 9.59 Å². The Kier molecular flexibility index (Phi) is 13.9. The van der Waals surface area contributed by atoms with Crippen LogP contribution >= 0.6 is 0 Å². The number of benzene rings is 2. The zero-order valence-electron chi connectivity index (χ0n) is 41.2. The van der Waals surface area contributed by atoms with E-state index >= 15 is 0 Å². The molecule has 8 saturated heterocycles. The first-order valence-electron chi connectivity index (χ1n) is 25.8. The summed E-state index contributed by atoms with van der Waals surface area (Å²) >= 11 is 0. The van der Waals surface area contributed by atoms with Crippen molar-refractivity contribution in [1.82, 2.24) is 15.5 Å². The summed E-state index contributed by atoms with van der Waals surface area (Å²) in [6.07, 6.45) is 7.49. The van der Waals surface area contributed by atoms with Gasteiger partial charge in [0, 0.05) is 60.7 Å². The lowest BCUT2D eigenvalue weighted by Gasteiger charge is -2.60. The minimum absolute atomic E-state index is 0.0955. The van der Waals surface area contributed by atoms with E-state index in [1.807, 2.05) is 62.4 Å². The standard InChI is InChI=1S/C53H75N3O12/c1-32-10-20-42-34(3)46(61-48-52(42)40(32)22-24-50(5,63-48)65-67-52)59-30-36-12-16-38(17-13-36)44(57)54-26-8-28-56(7)29-9-27-55-45(58)39-18-14-37(15-19-39)31-60-47-35(4)43-21-11-33(2)41-23-25-51(6)64-49(62-47)53(41,43)68-66-51/h12-19,32-35,40-43,46-49H,8-11,20-31H2,1-7H3,(H,54,57)(H,55,58)/t32-,33-,34-,35-,40?,41?,42?,43?,46+,47+,48?,49?,50+,51+,52-,53-/m1/s1. The molecule has 15 nitrogen and oxygen atoms in total. The van der Waals surface area contributed by atoms with E-state index in [-0.39, 0.29) is 35.5 Å². The van der Waals surface area contributed by atoms with Crippen molar-refractivity contribution in [2.24, 2.45) is 47.3 Å². The van der Waals surface area contributed by atoms with Gasteiger partial charge in [0.1, 0.15) is 0 Å². The molecule has 16 atom stereocenters. The van der Waals surface area contributed by atoms with Crippen molar-refractivity contribution in [3.8, 4) is 0 Å². The summed E-state index contributed by atoms with van der Waals surface area (Å²) in [7, 11) is 2.06. The highest BCUT2D eigenvalue weighted by atomic mass is 17.3. The normalized spacial score (nSPS) is 41.3. The zero-order valence-corrected chi connectivity index (χ0v) is 41.2. The molecule has 8 aliphatic heterocycles. The maximum absolute atomic E-state index is 13.0. The van der Waals surface area contributed by atoms with Crippen LogP contribution in [0.25, 0.3) is 0 Å². The quantitative estimate of drug-likeness (QED) is 0.124. The topological polar surface area (TPSA) is 154 Å². The van der Waals surface area contributed by atoms with E-state index in [1.165, 1.54) is 0 Å². The number of carbonyl (C=O) groups excluding carboxylic acids is 2. The minimum Gasteiger partial charge on any atom is -0.352 e. The molecule has 2 aromatic carbocycles. The average Bonchev–Trinajstić information content (AvgIpc) is 3.71. The molecule has 6 unspecified atom stereocenters. The van der Waals surface area contributed by atoms with Crippen LogP contribution in [0.2, 0.25) is 0 Å². The van der Waals surface area contributed by atoms with Gasteiger partial charge < -0.3 is 44.0 Å². The van der Waals surface area contributed by atoms with Gasteiger partial charge in [-0.25, -0.2) is 19.6 Å². The van der Waals surface area contributed by atoms with Crippen LogP contribution in [0.4, 0.5) is 0 Å². The largest absolute Gasteiger partial charge is 0.352 e. The highest BCUT2D eigenvalue weighted by Gasteiger charge is 2.71. The van der Waals surface area contributed by atoms with Crippen LogP contribution in [0.15, 0.2) is 48.5 Å². The fourth-order valence-electron chi connectivity index (χ4n) is 13.4. The van der Waals surface area contributed by atoms with Crippen molar-refractivity contribution in [2.75, 3.05) is 33.2 Å². The van der Waals surface area contributed by atoms with Crippen molar-refractivity contribution < 1.29 is 57.6 Å². The maximum atomic E-state index is 13.0. The smallest absolute Gasteiger partial charge is 0.251 e. The molecule has 68 heavy (non-hydrogen) atoms. The molecular formula is C53H75N3O12. The first kappa shape index (κ1) is 48.6. The van der Waals surface area contributed by atoms with Gasteiger partial charge in [0.15, 0.2) is 36.4 Å². The highest BCUT2D eigenvalue weighted by molar-refractivity contribution is 5.94. The number of hydrogen-bond acceptors (Lipinski definition) is 13. The summed E-state index contributed by atoms with van der Waals surface area (Å²) in [5.41, 5.74) is 1.92. The van der Waals surface area contributed by atoms with Crippen molar-refractivity contribution in [2.45, 2.75) is 167 Å². The minimum atomic E-state index is -0.822. The molecule has 8 heterocycles. The highest BCUT2D eigenvalue weighted by Crippen LogP contribution is 2.62. The molecule has 2 saturated carbocycles. The summed E-state index contributed by atoms with van der Waals surface area (Å²) in [6, 6.07) is 15.1. The summed E-state index contributed by atoms with van der Waals surface area (Å²) in [5.74, 6) is 0.376. The fourth-order valence-corrected chi connectivity index (χ4v) is 13.4. The first-order valence-corrected chi connectivity index (χ1v) is 25.8. The Labute approximate surface area is 402 Å². The third-order valence-electron chi connectivity index (χ3n) is 17.5. The zero-order chi connectivity index (χ0) is 47.4. The molecule has 374 valence electrons. The van der Waals surface area contributed by atoms with Gasteiger partial charge in [-0.1, -0.05) is 52.0 Å². The summed E-state index contributed by atoms with van der Waals surface area (Å²) < 4.78 is 38.9.